The van der Waals surface area contributed by atoms with Gasteiger partial charge in [0.2, 0.25) is 5.91 Å². The van der Waals surface area contributed by atoms with E-state index in [4.69, 9.17) is 16.3 Å². The molecule has 1 aliphatic heterocycles. The van der Waals surface area contributed by atoms with Crippen LogP contribution in [-0.2, 0) is 20.7 Å². The molecule has 1 aromatic rings. The number of likely N-dealkylation sites (tertiary alicyclic amines) is 1. The zero-order valence-corrected chi connectivity index (χ0v) is 17.6. The molecule has 9 heteroatoms. The van der Waals surface area contributed by atoms with Gasteiger partial charge in [0.15, 0.2) is 5.78 Å². The van der Waals surface area contributed by atoms with Gasteiger partial charge in [-0.05, 0) is 38.8 Å². The van der Waals surface area contributed by atoms with Gasteiger partial charge in [-0.15, -0.1) is 0 Å². The van der Waals surface area contributed by atoms with Crippen LogP contribution in [0.1, 0.15) is 39.7 Å². The number of alkyl halides is 1. The van der Waals surface area contributed by atoms with E-state index in [9.17, 15) is 23.2 Å². The second-order valence-electron chi connectivity index (χ2n) is 8.00. The van der Waals surface area contributed by atoms with Crippen LogP contribution in [0.4, 0.5) is 13.6 Å². The lowest BCUT2D eigenvalue weighted by atomic mass is 9.98. The van der Waals surface area contributed by atoms with E-state index < -0.39 is 47.5 Å². The number of carbonyl (C=O) groups excluding carboxylic acids is 3. The first-order valence-electron chi connectivity index (χ1n) is 9.27. The van der Waals surface area contributed by atoms with Crippen LogP contribution in [0.5, 0.6) is 0 Å². The van der Waals surface area contributed by atoms with Crippen molar-refractivity contribution >= 4 is 29.4 Å². The minimum Gasteiger partial charge on any atom is -0.444 e. The molecular weight excluding hydrogens is 406 g/mol. The highest BCUT2D eigenvalue weighted by Gasteiger charge is 2.49. The largest absolute Gasteiger partial charge is 0.444 e. The average molecular weight is 431 g/mol. The summed E-state index contributed by atoms with van der Waals surface area (Å²) < 4.78 is 34.0. The summed E-state index contributed by atoms with van der Waals surface area (Å²) in [6, 6.07) is 2.01. The molecule has 0 aromatic heterocycles. The molecule has 2 amide bonds. The van der Waals surface area contributed by atoms with Crippen LogP contribution in [0.2, 0.25) is 5.02 Å². The molecule has 0 saturated carbocycles. The maximum atomic E-state index is 14.6. The Morgan fingerprint density at radius 1 is 1.31 bits per heavy atom. The van der Waals surface area contributed by atoms with Crippen molar-refractivity contribution in [3.05, 3.63) is 34.6 Å². The minimum atomic E-state index is -1.64. The molecule has 1 fully saturated rings. The number of nitrogens with one attached hydrogen (secondary N) is 1. The van der Waals surface area contributed by atoms with Gasteiger partial charge in [0.1, 0.15) is 23.6 Å². The van der Waals surface area contributed by atoms with Gasteiger partial charge in [-0.3, -0.25) is 14.5 Å². The van der Waals surface area contributed by atoms with E-state index >= 15 is 0 Å². The van der Waals surface area contributed by atoms with Crippen molar-refractivity contribution in [3.63, 3.8) is 0 Å². The summed E-state index contributed by atoms with van der Waals surface area (Å²) in [6.45, 7) is 5.77. The van der Waals surface area contributed by atoms with Gasteiger partial charge in [-0.25, -0.2) is 13.6 Å². The number of aryl methyl sites for hydroxylation is 1. The quantitative estimate of drug-likeness (QED) is 0.776. The third kappa shape index (κ3) is 5.88. The third-order valence-corrected chi connectivity index (χ3v) is 4.73. The van der Waals surface area contributed by atoms with Gasteiger partial charge in [0.05, 0.1) is 17.6 Å². The Morgan fingerprint density at radius 2 is 1.97 bits per heavy atom. The fourth-order valence-electron chi connectivity index (χ4n) is 3.24. The third-order valence-electron chi connectivity index (χ3n) is 4.44. The Labute approximate surface area is 173 Å². The van der Waals surface area contributed by atoms with E-state index in [1.807, 2.05) is 0 Å². The average Bonchev–Trinajstić information content (AvgIpc) is 2.91. The van der Waals surface area contributed by atoms with E-state index in [1.165, 1.54) is 19.1 Å². The number of benzene rings is 1. The van der Waals surface area contributed by atoms with Crippen LogP contribution in [-0.4, -0.2) is 53.1 Å². The van der Waals surface area contributed by atoms with Gasteiger partial charge in [-0.1, -0.05) is 23.7 Å². The van der Waals surface area contributed by atoms with Gasteiger partial charge >= 0.3 is 6.09 Å². The molecule has 160 valence electrons. The predicted molar refractivity (Wildman–Crippen MR) is 104 cm³/mol. The van der Waals surface area contributed by atoms with E-state index in [0.717, 1.165) is 4.90 Å². The number of ether oxygens (including phenoxy) is 1. The van der Waals surface area contributed by atoms with Crippen LogP contribution in [0.3, 0.4) is 0 Å². The van der Waals surface area contributed by atoms with Crippen molar-refractivity contribution in [2.45, 2.75) is 64.4 Å². The molecule has 1 aliphatic rings. The second-order valence-corrected chi connectivity index (χ2v) is 8.41. The smallest absolute Gasteiger partial charge is 0.411 e. The lowest BCUT2D eigenvalue weighted by Crippen LogP contribution is -2.52. The molecule has 1 aromatic carbocycles. The number of Topliss-reactive ketones (excluding diaryl/α,β-unsaturated/α-hetero) is 1. The van der Waals surface area contributed by atoms with Crippen LogP contribution in [0.25, 0.3) is 0 Å². The highest BCUT2D eigenvalue weighted by molar-refractivity contribution is 6.30. The van der Waals surface area contributed by atoms with Crippen LogP contribution in [0.15, 0.2) is 18.2 Å². The van der Waals surface area contributed by atoms with Crippen LogP contribution in [0, 0.1) is 5.82 Å². The highest BCUT2D eigenvalue weighted by atomic mass is 35.5. The summed E-state index contributed by atoms with van der Waals surface area (Å²) in [5.74, 6) is -1.66. The minimum absolute atomic E-state index is 0.0215. The second kappa shape index (κ2) is 9.07. The van der Waals surface area contributed by atoms with Crippen molar-refractivity contribution < 1.29 is 27.9 Å². The summed E-state index contributed by atoms with van der Waals surface area (Å²) in [7, 11) is 0. The molecule has 0 aliphatic carbocycles. The Morgan fingerprint density at radius 3 is 2.55 bits per heavy atom. The monoisotopic (exact) mass is 430 g/mol. The topological polar surface area (TPSA) is 75.7 Å². The van der Waals surface area contributed by atoms with E-state index in [0.29, 0.717) is 0 Å². The van der Waals surface area contributed by atoms with Crippen molar-refractivity contribution in [2.24, 2.45) is 0 Å². The van der Waals surface area contributed by atoms with Gasteiger partial charge in [-0.2, -0.15) is 0 Å². The molecule has 1 saturated heterocycles. The molecule has 0 bridgehead atoms. The normalized spacial score (nSPS) is 21.8. The van der Waals surface area contributed by atoms with Gasteiger partial charge < -0.3 is 10.1 Å². The van der Waals surface area contributed by atoms with Crippen LogP contribution < -0.4 is 5.32 Å². The van der Waals surface area contributed by atoms with Gasteiger partial charge in [0.25, 0.3) is 0 Å². The first-order chi connectivity index (χ1) is 13.4. The summed E-state index contributed by atoms with van der Waals surface area (Å²) in [5, 5.41) is 2.35. The van der Waals surface area contributed by atoms with Crippen LogP contribution >= 0.6 is 11.6 Å². The molecule has 0 radical (unpaired) electrons. The number of ketones is 1. The number of rotatable bonds is 5. The Balaban J connectivity index is 2.22. The molecule has 2 rings (SSSR count). The van der Waals surface area contributed by atoms with Crippen molar-refractivity contribution in [1.29, 1.82) is 0 Å². The number of hydrogen-bond acceptors (Lipinski definition) is 4. The summed E-state index contributed by atoms with van der Waals surface area (Å²) >= 11 is 5.76. The molecule has 3 atom stereocenters. The number of amides is 2. The van der Waals surface area contributed by atoms with E-state index in [-0.39, 0.29) is 30.0 Å². The highest BCUT2D eigenvalue weighted by Crippen LogP contribution is 2.27. The molecule has 0 unspecified atom stereocenters. The number of carbonyl (C=O) groups is 3. The first-order valence-corrected chi connectivity index (χ1v) is 9.65. The summed E-state index contributed by atoms with van der Waals surface area (Å²) in [5.41, 5.74) is -0.604. The SMILES string of the molecule is CC(=O)N[C@H]1[C@@H](C(=O)CCc2cccc(Cl)c2F)N(C(=O)OC(C)(C)C)C[C@@H]1F. The van der Waals surface area contributed by atoms with Crippen molar-refractivity contribution in [3.8, 4) is 0 Å². The first kappa shape index (κ1) is 23.1. The Kier molecular flexibility index (Phi) is 7.21. The molecule has 1 heterocycles. The molecule has 1 N–H and O–H groups in total. The number of halogens is 3. The van der Waals surface area contributed by atoms with Crippen molar-refractivity contribution in [1.82, 2.24) is 10.2 Å². The van der Waals surface area contributed by atoms with Crippen molar-refractivity contribution in [2.75, 3.05) is 6.54 Å². The lowest BCUT2D eigenvalue weighted by Gasteiger charge is -2.29. The fourth-order valence-corrected chi connectivity index (χ4v) is 3.43. The summed E-state index contributed by atoms with van der Waals surface area (Å²) in [4.78, 5) is 37.9. The van der Waals surface area contributed by atoms with E-state index in [2.05, 4.69) is 5.32 Å². The number of hydrogen-bond donors (Lipinski definition) is 1. The maximum absolute atomic E-state index is 14.6. The zero-order chi connectivity index (χ0) is 21.9. The standard InChI is InChI=1S/C20H25ClF2N2O4/c1-11(26)24-17-14(22)10-25(19(28)29-20(2,3)4)18(17)15(27)9-8-12-6-5-7-13(21)16(12)23/h5-7,14,17-18H,8-10H2,1-4H3,(H,24,26)/t14-,17+,18+/m0/s1. The molecule has 29 heavy (non-hydrogen) atoms. The molecule has 0 spiro atoms. The van der Waals surface area contributed by atoms with Gasteiger partial charge in [0, 0.05) is 13.3 Å². The van der Waals surface area contributed by atoms with E-state index in [1.54, 1.807) is 26.8 Å². The Hall–Kier alpha value is -2.22. The number of nitrogens with zero attached hydrogens (tertiary/aromatic N) is 1. The molecule has 6 nitrogen and oxygen atoms in total. The lowest BCUT2D eigenvalue weighted by molar-refractivity contribution is -0.125. The maximum Gasteiger partial charge on any atom is 0.411 e. The summed E-state index contributed by atoms with van der Waals surface area (Å²) in [6.07, 6.45) is -2.62. The predicted octanol–water partition coefficient (Wildman–Crippen LogP) is 3.44. The Bertz CT molecular complexity index is 797. The molecular formula is C20H25ClF2N2O4. The zero-order valence-electron chi connectivity index (χ0n) is 16.8. The fraction of sp³-hybridized carbons (Fsp3) is 0.550.